The molecule has 2 heterocycles. The second kappa shape index (κ2) is 12.5. The summed E-state index contributed by atoms with van der Waals surface area (Å²) < 4.78 is 6.29. The molecule has 36 heavy (non-hydrogen) atoms. The van der Waals surface area contributed by atoms with E-state index < -0.39 is 23.1 Å². The summed E-state index contributed by atoms with van der Waals surface area (Å²) in [6, 6.07) is 4.49. The molecule has 11 nitrogen and oxygen atoms in total. The molecule has 2 aromatic rings. The van der Waals surface area contributed by atoms with Crippen LogP contribution in [0, 0.1) is 0 Å². The fourth-order valence-electron chi connectivity index (χ4n) is 4.05. The number of nitrogens with zero attached hydrogens (tertiary/aromatic N) is 3. The molecule has 1 saturated heterocycles. The number of benzene rings is 1. The third-order valence-electron chi connectivity index (χ3n) is 5.81. The van der Waals surface area contributed by atoms with Gasteiger partial charge in [0.1, 0.15) is 17.2 Å². The van der Waals surface area contributed by atoms with Gasteiger partial charge in [-0.05, 0) is 52.2 Å². The van der Waals surface area contributed by atoms with Crippen molar-refractivity contribution in [2.24, 2.45) is 0 Å². The van der Waals surface area contributed by atoms with Crippen molar-refractivity contribution in [3.63, 3.8) is 0 Å². The van der Waals surface area contributed by atoms with Crippen molar-refractivity contribution in [1.29, 1.82) is 0 Å². The summed E-state index contributed by atoms with van der Waals surface area (Å²) in [6.07, 6.45) is 6.08. The van der Waals surface area contributed by atoms with E-state index in [0.29, 0.717) is 29.7 Å². The number of nitrogens with one attached hydrogen (secondary N) is 3. The third-order valence-corrected chi connectivity index (χ3v) is 5.81. The summed E-state index contributed by atoms with van der Waals surface area (Å²) in [6.45, 7) is 6.82. The maximum atomic E-state index is 13.2. The van der Waals surface area contributed by atoms with Crippen molar-refractivity contribution in [2.75, 3.05) is 18.4 Å². The quantitative estimate of drug-likeness (QED) is 0.315. The standard InChI is InChI=1S/C25H36N6O5/c1-25(2,3)36-24(35)27-16-9-7-5-4-6-8-15-26-17-11-10-12-18-21(17)23(34)31(30-29-18)19-13-14-20(32)28-22(19)33/h10-12,19,26H,4-9,13-16H2,1-3H3,(H,27,35)(H,28,32,33). The van der Waals surface area contributed by atoms with Crippen LogP contribution < -0.4 is 21.5 Å². The smallest absolute Gasteiger partial charge is 0.407 e. The molecule has 11 heteroatoms. The number of alkyl carbamates (subject to hydrolysis) is 1. The Kier molecular flexibility index (Phi) is 9.38. The highest BCUT2D eigenvalue weighted by Crippen LogP contribution is 2.21. The predicted molar refractivity (Wildman–Crippen MR) is 136 cm³/mol. The van der Waals surface area contributed by atoms with Gasteiger partial charge in [0.25, 0.3) is 11.5 Å². The molecule has 0 bridgehead atoms. The molecule has 1 aromatic heterocycles. The van der Waals surface area contributed by atoms with E-state index in [0.717, 1.165) is 43.2 Å². The molecule has 1 unspecified atom stereocenters. The lowest BCUT2D eigenvalue weighted by atomic mass is 10.1. The highest BCUT2D eigenvalue weighted by atomic mass is 16.6. The number of rotatable bonds is 11. The molecule has 3 rings (SSSR count). The summed E-state index contributed by atoms with van der Waals surface area (Å²) >= 11 is 0. The maximum absolute atomic E-state index is 13.2. The van der Waals surface area contributed by atoms with E-state index in [-0.39, 0.29) is 24.8 Å². The number of fused-ring (bicyclic) bond motifs is 1. The molecule has 3 N–H and O–H groups in total. The molecule has 3 amide bonds. The predicted octanol–water partition coefficient (Wildman–Crippen LogP) is 3.05. The fourth-order valence-corrected chi connectivity index (χ4v) is 4.05. The molecule has 1 aliphatic rings. The first-order valence-corrected chi connectivity index (χ1v) is 12.6. The van der Waals surface area contributed by atoms with Crippen LogP contribution in [0.15, 0.2) is 23.0 Å². The molecule has 1 aromatic carbocycles. The van der Waals surface area contributed by atoms with Crippen LogP contribution in [0.4, 0.5) is 10.5 Å². The van der Waals surface area contributed by atoms with Crippen LogP contribution in [0.1, 0.15) is 78.2 Å². The van der Waals surface area contributed by atoms with Crippen molar-refractivity contribution in [3.05, 3.63) is 28.6 Å². The van der Waals surface area contributed by atoms with Gasteiger partial charge in [-0.15, -0.1) is 5.10 Å². The van der Waals surface area contributed by atoms with Crippen LogP contribution in [0.3, 0.4) is 0 Å². The number of ether oxygens (including phenoxy) is 1. The van der Waals surface area contributed by atoms with Crippen LogP contribution in [-0.2, 0) is 14.3 Å². The van der Waals surface area contributed by atoms with Crippen LogP contribution in [0.25, 0.3) is 10.9 Å². The first-order chi connectivity index (χ1) is 17.2. The highest BCUT2D eigenvalue weighted by molar-refractivity contribution is 5.99. The van der Waals surface area contributed by atoms with Crippen molar-refractivity contribution in [3.8, 4) is 0 Å². The normalized spacial score (nSPS) is 16.0. The zero-order valence-corrected chi connectivity index (χ0v) is 21.3. The maximum Gasteiger partial charge on any atom is 0.407 e. The van der Waals surface area contributed by atoms with Gasteiger partial charge in [-0.1, -0.05) is 37.0 Å². The van der Waals surface area contributed by atoms with Crippen molar-refractivity contribution in [2.45, 2.75) is 83.8 Å². The zero-order chi connectivity index (χ0) is 26.1. The Morgan fingerprint density at radius 1 is 1.08 bits per heavy atom. The molecular weight excluding hydrogens is 464 g/mol. The van der Waals surface area contributed by atoms with Crippen LogP contribution in [0.2, 0.25) is 0 Å². The summed E-state index contributed by atoms with van der Waals surface area (Å²) in [5.41, 5.74) is 0.217. The Balaban J connectivity index is 1.42. The third kappa shape index (κ3) is 7.76. The van der Waals surface area contributed by atoms with Gasteiger partial charge in [0.2, 0.25) is 5.91 Å². The second-order valence-corrected chi connectivity index (χ2v) is 9.98. The Bertz CT molecular complexity index is 1140. The van der Waals surface area contributed by atoms with E-state index >= 15 is 0 Å². The second-order valence-electron chi connectivity index (χ2n) is 9.98. The lowest BCUT2D eigenvalue weighted by Gasteiger charge is -2.21. The van der Waals surface area contributed by atoms with E-state index in [1.807, 2.05) is 26.8 Å². The first-order valence-electron chi connectivity index (χ1n) is 12.6. The summed E-state index contributed by atoms with van der Waals surface area (Å²) in [4.78, 5) is 48.4. The van der Waals surface area contributed by atoms with Gasteiger partial charge in [0.15, 0.2) is 0 Å². The molecule has 196 valence electrons. The average Bonchev–Trinajstić information content (AvgIpc) is 2.80. The molecule has 0 saturated carbocycles. The number of piperidine rings is 1. The monoisotopic (exact) mass is 500 g/mol. The van der Waals surface area contributed by atoms with Gasteiger partial charge in [0.05, 0.1) is 5.39 Å². The number of hydrogen-bond donors (Lipinski definition) is 3. The van der Waals surface area contributed by atoms with Crippen molar-refractivity contribution < 1.29 is 19.1 Å². The first kappa shape index (κ1) is 27.1. The van der Waals surface area contributed by atoms with Crippen LogP contribution >= 0.6 is 0 Å². The van der Waals surface area contributed by atoms with Crippen LogP contribution in [0.5, 0.6) is 0 Å². The minimum absolute atomic E-state index is 0.155. The largest absolute Gasteiger partial charge is 0.444 e. The average molecular weight is 501 g/mol. The van der Waals surface area contributed by atoms with E-state index in [2.05, 4.69) is 26.3 Å². The van der Waals surface area contributed by atoms with Gasteiger partial charge in [-0.2, -0.15) is 4.68 Å². The van der Waals surface area contributed by atoms with E-state index in [1.165, 1.54) is 0 Å². The highest BCUT2D eigenvalue weighted by Gasteiger charge is 2.30. The van der Waals surface area contributed by atoms with Crippen LogP contribution in [-0.4, -0.2) is 51.6 Å². The number of imide groups is 1. The number of aromatic nitrogens is 3. The number of unbranched alkanes of at least 4 members (excludes halogenated alkanes) is 5. The molecule has 1 fully saturated rings. The molecule has 1 aliphatic heterocycles. The Morgan fingerprint density at radius 2 is 1.78 bits per heavy atom. The number of anilines is 1. The summed E-state index contributed by atoms with van der Waals surface area (Å²) in [5.74, 6) is -0.883. The molecular formula is C25H36N6O5. The van der Waals surface area contributed by atoms with Gasteiger partial charge in [0, 0.05) is 25.2 Å². The topological polar surface area (TPSA) is 144 Å². The molecule has 0 spiro atoms. The Hall–Kier alpha value is -3.50. The molecule has 0 radical (unpaired) electrons. The minimum Gasteiger partial charge on any atom is -0.444 e. The van der Waals surface area contributed by atoms with E-state index in [9.17, 15) is 19.2 Å². The summed E-state index contributed by atoms with van der Waals surface area (Å²) in [5, 5.41) is 16.8. The zero-order valence-electron chi connectivity index (χ0n) is 21.3. The molecule has 0 aliphatic carbocycles. The van der Waals surface area contributed by atoms with Crippen molar-refractivity contribution in [1.82, 2.24) is 25.6 Å². The Labute approximate surface area is 210 Å². The lowest BCUT2D eigenvalue weighted by molar-refractivity contribution is -0.136. The Morgan fingerprint density at radius 3 is 2.47 bits per heavy atom. The number of amides is 3. The summed E-state index contributed by atoms with van der Waals surface area (Å²) in [7, 11) is 0. The SMILES string of the molecule is CC(C)(C)OC(=O)NCCCCCCCCNc1cccc2nnn(C3CCC(=O)NC3=O)c(=O)c12. The van der Waals surface area contributed by atoms with Crippen molar-refractivity contribution >= 4 is 34.5 Å². The fraction of sp³-hybridized carbons (Fsp3) is 0.600. The van der Waals surface area contributed by atoms with Gasteiger partial charge >= 0.3 is 6.09 Å². The van der Waals surface area contributed by atoms with Gasteiger partial charge in [-0.3, -0.25) is 19.7 Å². The van der Waals surface area contributed by atoms with E-state index in [4.69, 9.17) is 4.74 Å². The minimum atomic E-state index is -0.848. The molecule has 1 atom stereocenters. The lowest BCUT2D eigenvalue weighted by Crippen LogP contribution is -2.45. The number of carbonyl (C=O) groups excluding carboxylic acids is 3. The van der Waals surface area contributed by atoms with E-state index in [1.54, 1.807) is 12.1 Å². The number of hydrogen-bond acceptors (Lipinski definition) is 8. The number of carbonyl (C=O) groups is 3. The van der Waals surface area contributed by atoms with Gasteiger partial charge < -0.3 is 15.4 Å². The van der Waals surface area contributed by atoms with Gasteiger partial charge in [-0.25, -0.2) is 4.79 Å².